The van der Waals surface area contributed by atoms with Gasteiger partial charge in [-0.05, 0) is 42.5 Å². The molecule has 2 aromatic rings. The van der Waals surface area contributed by atoms with Crippen LogP contribution in [0.5, 0.6) is 5.75 Å². The maximum Gasteiger partial charge on any atom is 0.313 e. The number of anilines is 1. The Labute approximate surface area is 166 Å². The van der Waals surface area contributed by atoms with Gasteiger partial charge in [-0.1, -0.05) is 13.0 Å². The maximum absolute atomic E-state index is 13.8. The fourth-order valence-electron chi connectivity index (χ4n) is 3.41. The van der Waals surface area contributed by atoms with E-state index in [1.54, 1.807) is 0 Å². The second kappa shape index (κ2) is 8.26. The summed E-state index contributed by atoms with van der Waals surface area (Å²) in [6, 6.07) is 4.78. The van der Waals surface area contributed by atoms with Gasteiger partial charge in [-0.2, -0.15) is 0 Å². The predicted molar refractivity (Wildman–Crippen MR) is 102 cm³/mol. The minimum absolute atomic E-state index is 0.0966. The van der Waals surface area contributed by atoms with Crippen molar-refractivity contribution in [2.45, 2.75) is 25.8 Å². The zero-order valence-corrected chi connectivity index (χ0v) is 15.8. The van der Waals surface area contributed by atoms with E-state index < -0.39 is 35.3 Å². The zero-order chi connectivity index (χ0) is 21.1. The molecule has 0 spiro atoms. The van der Waals surface area contributed by atoms with Crippen molar-refractivity contribution < 1.29 is 23.9 Å². The average Bonchev–Trinajstić information content (AvgIpc) is 2.69. The number of likely N-dealkylation sites (tertiary alicyclic amines) is 1. The second-order valence-electron chi connectivity index (χ2n) is 7.15. The number of hydrogen-bond donors (Lipinski definition) is 3. The molecule has 29 heavy (non-hydrogen) atoms. The number of piperidine rings is 1. The van der Waals surface area contributed by atoms with Gasteiger partial charge in [0.25, 0.3) is 0 Å². The Balaban J connectivity index is 1.81. The van der Waals surface area contributed by atoms with E-state index in [-0.39, 0.29) is 17.2 Å². The number of pyridine rings is 1. The van der Waals surface area contributed by atoms with E-state index in [0.717, 1.165) is 6.42 Å². The van der Waals surface area contributed by atoms with Crippen LogP contribution in [0.15, 0.2) is 36.7 Å². The maximum atomic E-state index is 13.8. The summed E-state index contributed by atoms with van der Waals surface area (Å²) in [5, 5.41) is 11.8. The molecule has 8 nitrogen and oxygen atoms in total. The standard InChI is InChI=1S/C20H21FN4O4/c1-11-2-4-16(12-3-5-17(26)15(21)7-12)25(10-11)20(29)19(28)24-14-6-13(18(22)27)8-23-9-14/h3,5-9,11,16,26H,2,4,10H2,1H3,(H2,22,27)(H,24,28)/t11-,16?/m0/s1. The fourth-order valence-corrected chi connectivity index (χ4v) is 3.41. The fraction of sp³-hybridized carbons (Fsp3) is 0.300. The first-order valence-electron chi connectivity index (χ1n) is 9.11. The lowest BCUT2D eigenvalue weighted by molar-refractivity contribution is -0.146. The summed E-state index contributed by atoms with van der Waals surface area (Å²) in [6.45, 7) is 2.30. The highest BCUT2D eigenvalue weighted by Gasteiger charge is 2.34. The Hall–Kier alpha value is -3.49. The molecular weight excluding hydrogens is 379 g/mol. The monoisotopic (exact) mass is 400 g/mol. The molecule has 1 aromatic carbocycles. The molecule has 1 saturated heterocycles. The van der Waals surface area contributed by atoms with Gasteiger partial charge in [0.05, 0.1) is 23.5 Å². The number of amides is 3. The van der Waals surface area contributed by atoms with Crippen LogP contribution in [0.25, 0.3) is 0 Å². The summed E-state index contributed by atoms with van der Waals surface area (Å²) in [5.74, 6) is -3.47. The molecule has 1 unspecified atom stereocenters. The van der Waals surface area contributed by atoms with Gasteiger partial charge >= 0.3 is 11.8 Å². The third-order valence-corrected chi connectivity index (χ3v) is 4.91. The molecule has 152 valence electrons. The number of aromatic nitrogens is 1. The number of benzene rings is 1. The molecular formula is C20H21FN4O4. The van der Waals surface area contributed by atoms with Crippen LogP contribution in [0.3, 0.4) is 0 Å². The summed E-state index contributed by atoms with van der Waals surface area (Å²) in [5.41, 5.74) is 5.96. The van der Waals surface area contributed by atoms with Gasteiger partial charge in [0.2, 0.25) is 5.91 Å². The number of hydrogen-bond acceptors (Lipinski definition) is 5. The van der Waals surface area contributed by atoms with Crippen LogP contribution in [0.2, 0.25) is 0 Å². The Bertz CT molecular complexity index is 965. The molecule has 3 rings (SSSR count). The molecule has 0 saturated carbocycles. The van der Waals surface area contributed by atoms with Gasteiger partial charge in [-0.25, -0.2) is 4.39 Å². The van der Waals surface area contributed by atoms with Crippen molar-refractivity contribution in [3.8, 4) is 5.75 Å². The van der Waals surface area contributed by atoms with E-state index in [1.165, 1.54) is 41.6 Å². The number of phenolic OH excluding ortho intramolecular Hbond substituents is 1. The highest BCUT2D eigenvalue weighted by molar-refractivity contribution is 6.39. The van der Waals surface area contributed by atoms with Gasteiger partial charge in [0, 0.05) is 12.7 Å². The molecule has 1 aliphatic heterocycles. The first-order chi connectivity index (χ1) is 13.8. The zero-order valence-electron chi connectivity index (χ0n) is 15.8. The summed E-state index contributed by atoms with van der Waals surface area (Å²) in [4.78, 5) is 41.9. The number of nitrogens with two attached hydrogens (primary N) is 1. The van der Waals surface area contributed by atoms with E-state index >= 15 is 0 Å². The van der Waals surface area contributed by atoms with Crippen LogP contribution in [0.4, 0.5) is 10.1 Å². The van der Waals surface area contributed by atoms with Crippen LogP contribution in [-0.2, 0) is 9.59 Å². The van der Waals surface area contributed by atoms with Crippen molar-refractivity contribution in [2.75, 3.05) is 11.9 Å². The highest BCUT2D eigenvalue weighted by Crippen LogP contribution is 2.34. The normalized spacial score (nSPS) is 18.9. The van der Waals surface area contributed by atoms with Crippen molar-refractivity contribution >= 4 is 23.4 Å². The molecule has 0 aliphatic carbocycles. The number of rotatable bonds is 3. The lowest BCUT2D eigenvalue weighted by Gasteiger charge is -2.38. The minimum atomic E-state index is -0.897. The van der Waals surface area contributed by atoms with Crippen molar-refractivity contribution in [2.24, 2.45) is 11.7 Å². The van der Waals surface area contributed by atoms with Crippen LogP contribution >= 0.6 is 0 Å². The van der Waals surface area contributed by atoms with Crippen molar-refractivity contribution in [3.63, 3.8) is 0 Å². The third kappa shape index (κ3) is 4.50. The smallest absolute Gasteiger partial charge is 0.313 e. The number of carbonyl (C=O) groups excluding carboxylic acids is 3. The molecule has 4 N–H and O–H groups in total. The van der Waals surface area contributed by atoms with Gasteiger partial charge in [0.15, 0.2) is 11.6 Å². The number of halogens is 1. The van der Waals surface area contributed by atoms with Gasteiger partial charge < -0.3 is 21.1 Å². The number of nitrogens with zero attached hydrogens (tertiary/aromatic N) is 2. The summed E-state index contributed by atoms with van der Waals surface area (Å²) < 4.78 is 13.8. The third-order valence-electron chi connectivity index (χ3n) is 4.91. The van der Waals surface area contributed by atoms with Crippen LogP contribution in [-0.4, -0.2) is 39.3 Å². The number of aromatic hydroxyl groups is 1. The largest absolute Gasteiger partial charge is 0.505 e. The molecule has 0 radical (unpaired) electrons. The lowest BCUT2D eigenvalue weighted by Crippen LogP contribution is -2.46. The highest BCUT2D eigenvalue weighted by atomic mass is 19.1. The molecule has 9 heteroatoms. The van der Waals surface area contributed by atoms with Crippen molar-refractivity contribution in [3.05, 3.63) is 53.6 Å². The van der Waals surface area contributed by atoms with Gasteiger partial charge in [-0.15, -0.1) is 0 Å². The molecule has 2 heterocycles. The Morgan fingerprint density at radius 3 is 2.69 bits per heavy atom. The Kier molecular flexibility index (Phi) is 5.76. The first kappa shape index (κ1) is 20.2. The van der Waals surface area contributed by atoms with Crippen LogP contribution in [0.1, 0.15) is 41.7 Å². The quantitative estimate of drug-likeness (QED) is 0.679. The van der Waals surface area contributed by atoms with Crippen molar-refractivity contribution in [1.29, 1.82) is 0 Å². The lowest BCUT2D eigenvalue weighted by atomic mass is 9.89. The van der Waals surface area contributed by atoms with E-state index in [4.69, 9.17) is 5.73 Å². The van der Waals surface area contributed by atoms with Crippen LogP contribution < -0.4 is 11.1 Å². The van der Waals surface area contributed by atoms with E-state index in [1.807, 2.05) is 6.92 Å². The average molecular weight is 400 g/mol. The van der Waals surface area contributed by atoms with Gasteiger partial charge in [-0.3, -0.25) is 19.4 Å². The summed E-state index contributed by atoms with van der Waals surface area (Å²) in [6.07, 6.45) is 3.91. The predicted octanol–water partition coefficient (Wildman–Crippen LogP) is 1.96. The number of nitrogens with one attached hydrogen (secondary N) is 1. The minimum Gasteiger partial charge on any atom is -0.505 e. The van der Waals surface area contributed by atoms with E-state index in [2.05, 4.69) is 10.3 Å². The first-order valence-corrected chi connectivity index (χ1v) is 9.11. The van der Waals surface area contributed by atoms with E-state index in [0.29, 0.717) is 18.5 Å². The summed E-state index contributed by atoms with van der Waals surface area (Å²) in [7, 11) is 0. The molecule has 0 bridgehead atoms. The Morgan fingerprint density at radius 1 is 1.24 bits per heavy atom. The summed E-state index contributed by atoms with van der Waals surface area (Å²) >= 11 is 0. The number of carbonyl (C=O) groups is 3. The SMILES string of the molecule is C[C@H]1CCC(c2ccc(O)c(F)c2)N(C(=O)C(=O)Nc2cncc(C(N)=O)c2)C1. The Morgan fingerprint density at radius 2 is 2.00 bits per heavy atom. The molecule has 1 aliphatic rings. The number of primary amides is 1. The van der Waals surface area contributed by atoms with E-state index in [9.17, 15) is 23.9 Å². The molecule has 2 atom stereocenters. The molecule has 3 amide bonds. The molecule has 1 aromatic heterocycles. The van der Waals surface area contributed by atoms with Crippen molar-refractivity contribution in [1.82, 2.24) is 9.88 Å². The molecule has 1 fully saturated rings. The second-order valence-corrected chi connectivity index (χ2v) is 7.15. The van der Waals surface area contributed by atoms with Gasteiger partial charge in [0.1, 0.15) is 0 Å². The number of phenols is 1. The topological polar surface area (TPSA) is 126 Å². The van der Waals surface area contributed by atoms with Crippen LogP contribution in [0, 0.1) is 11.7 Å².